The van der Waals surface area contributed by atoms with Gasteiger partial charge in [0.05, 0.1) is 32.6 Å². The van der Waals surface area contributed by atoms with Crippen LogP contribution in [0.25, 0.3) is 10.9 Å². The maximum absolute atomic E-state index is 12.7. The van der Waals surface area contributed by atoms with E-state index in [4.69, 9.17) is 14.2 Å². The fourth-order valence-electron chi connectivity index (χ4n) is 2.79. The zero-order valence-electron chi connectivity index (χ0n) is 15.5. The number of hydrogen-bond donors (Lipinski definition) is 2. The minimum absolute atomic E-state index is 0.0608. The molecular weight excluding hydrogens is 364 g/mol. The Hall–Kier alpha value is -3.81. The van der Waals surface area contributed by atoms with Crippen LogP contribution in [0.15, 0.2) is 47.4 Å². The summed E-state index contributed by atoms with van der Waals surface area (Å²) < 4.78 is 15.2. The highest BCUT2D eigenvalue weighted by Gasteiger charge is 2.21. The Morgan fingerprint density at radius 3 is 2.32 bits per heavy atom. The lowest BCUT2D eigenvalue weighted by Crippen LogP contribution is -2.23. The lowest BCUT2D eigenvalue weighted by atomic mass is 10.1. The molecule has 0 aliphatic rings. The van der Waals surface area contributed by atoms with Gasteiger partial charge in [0, 0.05) is 29.2 Å². The number of aromatic amines is 1. The first-order valence-electron chi connectivity index (χ1n) is 8.26. The van der Waals surface area contributed by atoms with Crippen molar-refractivity contribution < 1.29 is 23.8 Å². The summed E-state index contributed by atoms with van der Waals surface area (Å²) in [6.07, 6.45) is 1.33. The maximum Gasteiger partial charge on any atom is 0.340 e. The second kappa shape index (κ2) is 7.83. The van der Waals surface area contributed by atoms with Gasteiger partial charge < -0.3 is 24.5 Å². The number of hydrogen-bond acceptors (Lipinski definition) is 6. The molecule has 1 aromatic heterocycles. The van der Waals surface area contributed by atoms with Crippen LogP contribution < -0.4 is 20.2 Å². The van der Waals surface area contributed by atoms with Crippen molar-refractivity contribution in [2.75, 3.05) is 26.6 Å². The highest BCUT2D eigenvalue weighted by Crippen LogP contribution is 2.34. The van der Waals surface area contributed by atoms with Crippen LogP contribution in [0.2, 0.25) is 0 Å². The predicted molar refractivity (Wildman–Crippen MR) is 103 cm³/mol. The van der Waals surface area contributed by atoms with Gasteiger partial charge in [-0.3, -0.25) is 9.59 Å². The Labute approximate surface area is 160 Å². The number of fused-ring (bicyclic) bond motifs is 1. The van der Waals surface area contributed by atoms with Crippen LogP contribution in [0.5, 0.6) is 11.5 Å². The van der Waals surface area contributed by atoms with Crippen LogP contribution >= 0.6 is 0 Å². The van der Waals surface area contributed by atoms with E-state index in [2.05, 4.69) is 10.3 Å². The largest absolute Gasteiger partial charge is 0.493 e. The van der Waals surface area contributed by atoms with Crippen LogP contribution in [-0.4, -0.2) is 38.2 Å². The molecule has 0 unspecified atom stereocenters. The molecule has 8 heteroatoms. The van der Waals surface area contributed by atoms with E-state index in [1.54, 1.807) is 24.3 Å². The molecular formula is C20H18N2O6. The first kappa shape index (κ1) is 19.0. The predicted octanol–water partition coefficient (Wildman–Crippen LogP) is 2.58. The molecule has 2 aromatic carbocycles. The summed E-state index contributed by atoms with van der Waals surface area (Å²) in [6, 6.07) is 9.68. The maximum atomic E-state index is 12.7. The number of carbonyl (C=O) groups is 2. The Morgan fingerprint density at radius 2 is 1.64 bits per heavy atom. The smallest absolute Gasteiger partial charge is 0.340 e. The SMILES string of the molecule is COC(=O)c1cc(OC)c(OC)cc1NC(=O)c1c[nH]c2ccccc2c1=O. The number of H-pyrrole nitrogens is 1. The van der Waals surface area contributed by atoms with Gasteiger partial charge in [0.25, 0.3) is 5.91 Å². The van der Waals surface area contributed by atoms with Crippen molar-refractivity contribution in [2.24, 2.45) is 0 Å². The molecule has 3 rings (SSSR count). The Balaban J connectivity index is 2.05. The molecule has 0 spiro atoms. The number of pyridine rings is 1. The van der Waals surface area contributed by atoms with Crippen LogP contribution in [0.4, 0.5) is 5.69 Å². The van der Waals surface area contributed by atoms with Gasteiger partial charge in [0.2, 0.25) is 5.43 Å². The van der Waals surface area contributed by atoms with Crippen LogP contribution in [-0.2, 0) is 4.74 Å². The summed E-state index contributed by atoms with van der Waals surface area (Å²) >= 11 is 0. The molecule has 8 nitrogen and oxygen atoms in total. The first-order chi connectivity index (χ1) is 13.5. The van der Waals surface area contributed by atoms with Gasteiger partial charge >= 0.3 is 5.97 Å². The number of carbonyl (C=O) groups excluding carboxylic acids is 2. The third-order valence-corrected chi connectivity index (χ3v) is 4.21. The van der Waals surface area contributed by atoms with Gasteiger partial charge in [-0.25, -0.2) is 4.79 Å². The van der Waals surface area contributed by atoms with Crippen molar-refractivity contribution in [2.45, 2.75) is 0 Å². The van der Waals surface area contributed by atoms with E-state index in [1.165, 1.54) is 39.7 Å². The Kier molecular flexibility index (Phi) is 5.30. The first-order valence-corrected chi connectivity index (χ1v) is 8.26. The number of amides is 1. The van der Waals surface area contributed by atoms with Crippen molar-refractivity contribution in [1.29, 1.82) is 0 Å². The minimum atomic E-state index is -0.677. The Morgan fingerprint density at radius 1 is 0.964 bits per heavy atom. The van der Waals surface area contributed by atoms with Crippen LogP contribution in [0, 0.1) is 0 Å². The fourth-order valence-corrected chi connectivity index (χ4v) is 2.79. The topological polar surface area (TPSA) is 107 Å². The highest BCUT2D eigenvalue weighted by atomic mass is 16.5. The zero-order valence-corrected chi connectivity index (χ0v) is 15.5. The number of esters is 1. The molecule has 2 N–H and O–H groups in total. The highest BCUT2D eigenvalue weighted by molar-refractivity contribution is 6.09. The zero-order chi connectivity index (χ0) is 20.3. The quantitative estimate of drug-likeness (QED) is 0.657. The third kappa shape index (κ3) is 3.39. The fraction of sp³-hybridized carbons (Fsp3) is 0.150. The molecule has 28 heavy (non-hydrogen) atoms. The van der Waals surface area contributed by atoms with E-state index in [0.29, 0.717) is 22.4 Å². The summed E-state index contributed by atoms with van der Waals surface area (Å²) in [5.74, 6) is -0.754. The van der Waals surface area contributed by atoms with E-state index < -0.39 is 17.3 Å². The number of rotatable bonds is 5. The van der Waals surface area contributed by atoms with Crippen LogP contribution in [0.3, 0.4) is 0 Å². The number of benzene rings is 2. The number of methoxy groups -OCH3 is 3. The molecule has 0 radical (unpaired) electrons. The second-order valence-electron chi connectivity index (χ2n) is 5.78. The molecule has 3 aromatic rings. The standard InChI is InChI=1S/C20H18N2O6/c1-26-16-8-12(20(25)28-3)15(9-17(16)27-2)22-19(24)13-10-21-14-7-5-4-6-11(14)18(13)23/h4-10H,1-3H3,(H,21,23)(H,22,24). The molecule has 0 aliphatic carbocycles. The van der Waals surface area contributed by atoms with Gasteiger partial charge in [0.15, 0.2) is 11.5 Å². The second-order valence-corrected chi connectivity index (χ2v) is 5.78. The number of nitrogens with one attached hydrogen (secondary N) is 2. The van der Waals surface area contributed by atoms with Gasteiger partial charge in [-0.05, 0) is 12.1 Å². The monoisotopic (exact) mass is 382 g/mol. The number of anilines is 1. The van der Waals surface area contributed by atoms with E-state index in [0.717, 1.165) is 0 Å². The minimum Gasteiger partial charge on any atom is -0.493 e. The molecule has 0 saturated carbocycles. The summed E-state index contributed by atoms with van der Waals surface area (Å²) in [5.41, 5.74) is 0.287. The van der Waals surface area contributed by atoms with Gasteiger partial charge in [-0.15, -0.1) is 0 Å². The normalized spacial score (nSPS) is 10.4. The van der Waals surface area contributed by atoms with Gasteiger partial charge in [-0.1, -0.05) is 12.1 Å². The average molecular weight is 382 g/mol. The molecule has 0 fully saturated rings. The van der Waals surface area contributed by atoms with Gasteiger partial charge in [-0.2, -0.15) is 0 Å². The Bertz CT molecular complexity index is 1120. The summed E-state index contributed by atoms with van der Waals surface area (Å²) in [4.78, 5) is 40.4. The summed E-state index contributed by atoms with van der Waals surface area (Å²) in [5, 5.41) is 2.96. The number of ether oxygens (including phenoxy) is 3. The van der Waals surface area contributed by atoms with Gasteiger partial charge in [0.1, 0.15) is 5.56 Å². The van der Waals surface area contributed by atoms with Crippen molar-refractivity contribution >= 4 is 28.5 Å². The van der Waals surface area contributed by atoms with E-state index in [9.17, 15) is 14.4 Å². The molecule has 0 aliphatic heterocycles. The van der Waals surface area contributed by atoms with Crippen molar-refractivity contribution in [1.82, 2.24) is 4.98 Å². The number of aromatic nitrogens is 1. The summed E-state index contributed by atoms with van der Waals surface area (Å²) in [7, 11) is 4.07. The van der Waals surface area contributed by atoms with Crippen molar-refractivity contribution in [3.63, 3.8) is 0 Å². The molecule has 0 saturated heterocycles. The van der Waals surface area contributed by atoms with Crippen molar-refractivity contribution in [3.8, 4) is 11.5 Å². The lowest BCUT2D eigenvalue weighted by molar-refractivity contribution is 0.0601. The van der Waals surface area contributed by atoms with E-state index in [1.807, 2.05) is 0 Å². The third-order valence-electron chi connectivity index (χ3n) is 4.21. The van der Waals surface area contributed by atoms with E-state index >= 15 is 0 Å². The van der Waals surface area contributed by atoms with Crippen molar-refractivity contribution in [3.05, 3.63) is 63.9 Å². The molecule has 1 amide bonds. The number of para-hydroxylation sites is 1. The molecule has 144 valence electrons. The lowest BCUT2D eigenvalue weighted by Gasteiger charge is -2.14. The van der Waals surface area contributed by atoms with E-state index in [-0.39, 0.29) is 16.8 Å². The molecule has 0 bridgehead atoms. The molecule has 1 heterocycles. The average Bonchev–Trinajstić information content (AvgIpc) is 2.73. The molecule has 0 atom stereocenters. The summed E-state index contributed by atoms with van der Waals surface area (Å²) in [6.45, 7) is 0. The van der Waals surface area contributed by atoms with Crippen LogP contribution in [0.1, 0.15) is 20.7 Å².